The Bertz CT molecular complexity index is 213. The summed E-state index contributed by atoms with van der Waals surface area (Å²) in [7, 11) is 0. The maximum absolute atomic E-state index is 3.64. The van der Waals surface area contributed by atoms with Crippen molar-refractivity contribution in [3.8, 4) is 0 Å². The first kappa shape index (κ1) is 16.0. The van der Waals surface area contributed by atoms with Gasteiger partial charge < -0.3 is 10.2 Å². The zero-order chi connectivity index (χ0) is 13.5. The molecule has 0 aliphatic carbocycles. The molecule has 2 atom stereocenters. The fraction of sp³-hybridized carbons (Fsp3) is 1.00. The lowest BCUT2D eigenvalue weighted by atomic mass is 9.89. The lowest BCUT2D eigenvalue weighted by Crippen LogP contribution is -2.44. The van der Waals surface area contributed by atoms with E-state index in [4.69, 9.17) is 0 Å². The highest BCUT2D eigenvalue weighted by atomic mass is 15.1. The monoisotopic (exact) mass is 254 g/mol. The third-order valence-electron chi connectivity index (χ3n) is 4.53. The van der Waals surface area contributed by atoms with E-state index in [1.807, 2.05) is 0 Å². The second kappa shape index (κ2) is 8.16. The Morgan fingerprint density at radius 3 is 2.39 bits per heavy atom. The van der Waals surface area contributed by atoms with Crippen LogP contribution in [0.1, 0.15) is 53.9 Å². The number of rotatable bonds is 6. The fourth-order valence-corrected chi connectivity index (χ4v) is 3.08. The molecule has 0 aromatic rings. The van der Waals surface area contributed by atoms with Gasteiger partial charge in [0.2, 0.25) is 0 Å². The molecule has 2 unspecified atom stereocenters. The normalized spacial score (nSPS) is 24.5. The van der Waals surface area contributed by atoms with Gasteiger partial charge in [0.15, 0.2) is 0 Å². The van der Waals surface area contributed by atoms with E-state index in [-0.39, 0.29) is 0 Å². The molecule has 1 aliphatic rings. The van der Waals surface area contributed by atoms with Crippen molar-refractivity contribution in [3.63, 3.8) is 0 Å². The smallest absolute Gasteiger partial charge is 0.0217 e. The molecule has 0 aromatic heterocycles. The number of hydrogen-bond acceptors (Lipinski definition) is 2. The van der Waals surface area contributed by atoms with Crippen LogP contribution in [0.25, 0.3) is 0 Å². The maximum Gasteiger partial charge on any atom is 0.0217 e. The Morgan fingerprint density at radius 2 is 1.83 bits per heavy atom. The molecule has 2 nitrogen and oxygen atoms in total. The Hall–Kier alpha value is -0.0800. The van der Waals surface area contributed by atoms with Crippen molar-refractivity contribution in [2.45, 2.75) is 59.9 Å². The molecular formula is C16H34N2. The standard InChI is InChI=1S/C16H34N2/c1-6-17-16(14(4)5)12-18-10-7-8-15(9-11-18)13(2)3/h13-17H,6-12H2,1-5H3. The van der Waals surface area contributed by atoms with Gasteiger partial charge in [-0.05, 0) is 56.7 Å². The average Bonchev–Trinajstić information content (AvgIpc) is 2.54. The summed E-state index contributed by atoms with van der Waals surface area (Å²) < 4.78 is 0. The van der Waals surface area contributed by atoms with Gasteiger partial charge >= 0.3 is 0 Å². The fourth-order valence-electron chi connectivity index (χ4n) is 3.08. The molecule has 1 saturated heterocycles. The van der Waals surface area contributed by atoms with Crippen molar-refractivity contribution >= 4 is 0 Å². The Labute approximate surface area is 115 Å². The molecule has 0 radical (unpaired) electrons. The lowest BCUT2D eigenvalue weighted by Gasteiger charge is -2.29. The minimum Gasteiger partial charge on any atom is -0.313 e. The van der Waals surface area contributed by atoms with Crippen LogP contribution in [-0.2, 0) is 0 Å². The first-order valence-corrected chi connectivity index (χ1v) is 8.00. The molecule has 0 saturated carbocycles. The zero-order valence-electron chi connectivity index (χ0n) is 13.2. The van der Waals surface area contributed by atoms with Crippen LogP contribution in [0, 0.1) is 17.8 Å². The first-order chi connectivity index (χ1) is 8.54. The van der Waals surface area contributed by atoms with E-state index in [1.54, 1.807) is 0 Å². The summed E-state index contributed by atoms with van der Waals surface area (Å²) in [5, 5.41) is 3.64. The summed E-state index contributed by atoms with van der Waals surface area (Å²) in [6, 6.07) is 0.658. The molecule has 0 spiro atoms. The predicted molar refractivity (Wildman–Crippen MR) is 80.9 cm³/mol. The van der Waals surface area contributed by atoms with E-state index >= 15 is 0 Å². The van der Waals surface area contributed by atoms with Crippen molar-refractivity contribution < 1.29 is 0 Å². The Morgan fingerprint density at radius 1 is 1.11 bits per heavy atom. The minimum absolute atomic E-state index is 0.658. The molecular weight excluding hydrogens is 220 g/mol. The molecule has 18 heavy (non-hydrogen) atoms. The third kappa shape index (κ3) is 5.27. The van der Waals surface area contributed by atoms with Crippen LogP contribution in [0.15, 0.2) is 0 Å². The lowest BCUT2D eigenvalue weighted by molar-refractivity contribution is 0.220. The Kier molecular flexibility index (Phi) is 7.25. The second-order valence-corrected chi connectivity index (χ2v) is 6.64. The SMILES string of the molecule is CCNC(CN1CCCC(C(C)C)CC1)C(C)C. The van der Waals surface area contributed by atoms with E-state index < -0.39 is 0 Å². The molecule has 0 aromatic carbocycles. The number of nitrogens with zero attached hydrogens (tertiary/aromatic N) is 1. The van der Waals surface area contributed by atoms with E-state index in [0.717, 1.165) is 24.3 Å². The van der Waals surface area contributed by atoms with Crippen molar-refractivity contribution in [1.29, 1.82) is 0 Å². The molecule has 2 heteroatoms. The van der Waals surface area contributed by atoms with Gasteiger partial charge in [0, 0.05) is 12.6 Å². The highest BCUT2D eigenvalue weighted by Crippen LogP contribution is 2.24. The topological polar surface area (TPSA) is 15.3 Å². The number of nitrogens with one attached hydrogen (secondary N) is 1. The predicted octanol–water partition coefficient (Wildman–Crippen LogP) is 3.38. The van der Waals surface area contributed by atoms with Gasteiger partial charge in [0.25, 0.3) is 0 Å². The summed E-state index contributed by atoms with van der Waals surface area (Å²) in [5.74, 6) is 2.54. The van der Waals surface area contributed by atoms with Crippen molar-refractivity contribution in [1.82, 2.24) is 10.2 Å². The van der Waals surface area contributed by atoms with Crippen molar-refractivity contribution in [2.24, 2.45) is 17.8 Å². The van der Waals surface area contributed by atoms with E-state index in [9.17, 15) is 0 Å². The van der Waals surface area contributed by atoms with Crippen LogP contribution in [0.2, 0.25) is 0 Å². The van der Waals surface area contributed by atoms with Crippen LogP contribution in [0.4, 0.5) is 0 Å². The Balaban J connectivity index is 2.42. The van der Waals surface area contributed by atoms with Crippen LogP contribution >= 0.6 is 0 Å². The molecule has 1 rings (SSSR count). The molecule has 0 bridgehead atoms. The summed E-state index contributed by atoms with van der Waals surface area (Å²) in [6.45, 7) is 16.6. The maximum atomic E-state index is 3.64. The molecule has 1 N–H and O–H groups in total. The van der Waals surface area contributed by atoms with E-state index in [2.05, 4.69) is 44.8 Å². The van der Waals surface area contributed by atoms with Gasteiger partial charge in [-0.15, -0.1) is 0 Å². The number of likely N-dealkylation sites (tertiary alicyclic amines) is 1. The first-order valence-electron chi connectivity index (χ1n) is 8.00. The summed E-state index contributed by atoms with van der Waals surface area (Å²) in [6.07, 6.45) is 4.22. The molecule has 1 aliphatic heterocycles. The molecule has 108 valence electrons. The minimum atomic E-state index is 0.658. The zero-order valence-corrected chi connectivity index (χ0v) is 13.2. The highest BCUT2D eigenvalue weighted by Gasteiger charge is 2.22. The largest absolute Gasteiger partial charge is 0.313 e. The highest BCUT2D eigenvalue weighted by molar-refractivity contribution is 4.78. The second-order valence-electron chi connectivity index (χ2n) is 6.64. The molecule has 1 heterocycles. The van der Waals surface area contributed by atoms with Crippen LogP contribution < -0.4 is 5.32 Å². The molecule has 1 fully saturated rings. The summed E-state index contributed by atoms with van der Waals surface area (Å²) in [4.78, 5) is 2.69. The van der Waals surface area contributed by atoms with Crippen LogP contribution in [-0.4, -0.2) is 37.1 Å². The van der Waals surface area contributed by atoms with Gasteiger partial charge in [-0.1, -0.05) is 34.6 Å². The van der Waals surface area contributed by atoms with Gasteiger partial charge in [0.05, 0.1) is 0 Å². The summed E-state index contributed by atoms with van der Waals surface area (Å²) >= 11 is 0. The van der Waals surface area contributed by atoms with E-state index in [0.29, 0.717) is 6.04 Å². The van der Waals surface area contributed by atoms with Crippen LogP contribution in [0.3, 0.4) is 0 Å². The number of hydrogen-bond donors (Lipinski definition) is 1. The average molecular weight is 254 g/mol. The van der Waals surface area contributed by atoms with Crippen LogP contribution in [0.5, 0.6) is 0 Å². The molecule has 0 amide bonds. The quantitative estimate of drug-likeness (QED) is 0.782. The summed E-state index contributed by atoms with van der Waals surface area (Å²) in [5.41, 5.74) is 0. The van der Waals surface area contributed by atoms with Gasteiger partial charge in [-0.3, -0.25) is 0 Å². The van der Waals surface area contributed by atoms with E-state index in [1.165, 1.54) is 38.9 Å². The van der Waals surface area contributed by atoms with Gasteiger partial charge in [-0.2, -0.15) is 0 Å². The van der Waals surface area contributed by atoms with Gasteiger partial charge in [0.1, 0.15) is 0 Å². The van der Waals surface area contributed by atoms with Crippen molar-refractivity contribution in [3.05, 3.63) is 0 Å². The third-order valence-corrected chi connectivity index (χ3v) is 4.53. The van der Waals surface area contributed by atoms with Crippen molar-refractivity contribution in [2.75, 3.05) is 26.2 Å². The van der Waals surface area contributed by atoms with Gasteiger partial charge in [-0.25, -0.2) is 0 Å². The number of likely N-dealkylation sites (N-methyl/N-ethyl adjacent to an activating group) is 1.